The first kappa shape index (κ1) is 24.7. The summed E-state index contributed by atoms with van der Waals surface area (Å²) in [5.41, 5.74) is -1.88. The van der Waals surface area contributed by atoms with E-state index in [1.807, 2.05) is 19.3 Å². The van der Waals surface area contributed by atoms with Crippen LogP contribution in [0.4, 0.5) is 8.78 Å². The number of aromatic nitrogens is 2. The van der Waals surface area contributed by atoms with Crippen molar-refractivity contribution in [2.45, 2.75) is 39.0 Å². The van der Waals surface area contributed by atoms with Gasteiger partial charge in [-0.25, -0.2) is 22.7 Å². The number of carbonyl (C=O) groups excluding carboxylic acids is 1. The van der Waals surface area contributed by atoms with Crippen molar-refractivity contribution in [1.29, 1.82) is 0 Å². The molecule has 0 unspecified atom stereocenters. The van der Waals surface area contributed by atoms with Crippen molar-refractivity contribution in [2.24, 2.45) is 0 Å². The number of benzene rings is 2. The van der Waals surface area contributed by atoms with Crippen molar-refractivity contribution in [1.82, 2.24) is 4.57 Å². The van der Waals surface area contributed by atoms with E-state index in [0.29, 0.717) is 13.0 Å². The Morgan fingerprint density at radius 3 is 2.03 bits per heavy atom. The fourth-order valence-electron chi connectivity index (χ4n) is 3.40. The van der Waals surface area contributed by atoms with Crippen LogP contribution in [0, 0.1) is 18.6 Å². The van der Waals surface area contributed by atoms with Gasteiger partial charge in [0.1, 0.15) is 24.0 Å². The first-order chi connectivity index (χ1) is 14.4. The Morgan fingerprint density at radius 2 is 1.58 bits per heavy atom. The van der Waals surface area contributed by atoms with Gasteiger partial charge in [0.05, 0.1) is 19.7 Å². The molecule has 0 saturated carbocycles. The average molecular weight is 495 g/mol. The van der Waals surface area contributed by atoms with Crippen LogP contribution in [0.15, 0.2) is 60.9 Å². The first-order valence-corrected chi connectivity index (χ1v) is 9.83. The molecule has 31 heavy (non-hydrogen) atoms. The number of aryl methyl sites for hydroxylation is 2. The standard InChI is InChI=1S/C23H25F2N2O3.BrH/c1-3-26-14-15-27(17(26)2)13-4-16-30-22(28)23(29,18-5-9-20(24)10-6-18)19-7-11-21(25)12-8-19;/h5-12,14-15,29H,3-4,13,16H2,1-2H3;1H/q+1;/p-1. The second-order valence-corrected chi connectivity index (χ2v) is 7.04. The molecule has 1 aromatic heterocycles. The Kier molecular flexibility index (Phi) is 8.47. The number of hydrogen-bond acceptors (Lipinski definition) is 3. The Hall–Kier alpha value is -2.58. The Balaban J connectivity index is 0.00000341. The number of ether oxygens (including phenoxy) is 1. The van der Waals surface area contributed by atoms with E-state index in [1.54, 1.807) is 0 Å². The monoisotopic (exact) mass is 494 g/mol. The molecule has 0 bridgehead atoms. The van der Waals surface area contributed by atoms with E-state index in [2.05, 4.69) is 16.1 Å². The lowest BCUT2D eigenvalue weighted by molar-refractivity contribution is -0.702. The Labute approximate surface area is 190 Å². The van der Waals surface area contributed by atoms with Gasteiger partial charge < -0.3 is 26.8 Å². The van der Waals surface area contributed by atoms with E-state index in [0.717, 1.165) is 36.6 Å². The molecule has 1 heterocycles. The second kappa shape index (κ2) is 10.6. The topological polar surface area (TPSA) is 55.3 Å². The quantitative estimate of drug-likeness (QED) is 0.277. The number of carbonyl (C=O) groups is 1. The summed E-state index contributed by atoms with van der Waals surface area (Å²) in [5.74, 6) is -0.800. The van der Waals surface area contributed by atoms with Crippen LogP contribution in [0.5, 0.6) is 0 Å². The average Bonchev–Trinajstić information content (AvgIpc) is 3.11. The maximum absolute atomic E-state index is 13.3. The van der Waals surface area contributed by atoms with Gasteiger partial charge in [0, 0.05) is 13.3 Å². The van der Waals surface area contributed by atoms with Crippen molar-refractivity contribution >= 4 is 5.97 Å². The van der Waals surface area contributed by atoms with Gasteiger partial charge in [0.15, 0.2) is 0 Å². The number of aliphatic hydroxyl groups is 1. The molecule has 0 amide bonds. The summed E-state index contributed by atoms with van der Waals surface area (Å²) < 4.78 is 36.2. The number of imidazole rings is 1. The number of esters is 1. The Bertz CT molecular complexity index is 959. The fraction of sp³-hybridized carbons (Fsp3) is 0.304. The highest BCUT2D eigenvalue weighted by Crippen LogP contribution is 2.31. The molecule has 3 aromatic rings. The van der Waals surface area contributed by atoms with Crippen molar-refractivity contribution in [3.63, 3.8) is 0 Å². The molecule has 166 valence electrons. The lowest BCUT2D eigenvalue weighted by Gasteiger charge is -2.27. The lowest BCUT2D eigenvalue weighted by atomic mass is 9.86. The third-order valence-electron chi connectivity index (χ3n) is 5.19. The van der Waals surface area contributed by atoms with Crippen LogP contribution in [-0.2, 0) is 28.2 Å². The molecule has 5 nitrogen and oxygen atoms in total. The van der Waals surface area contributed by atoms with Gasteiger partial charge in [-0.05, 0) is 42.3 Å². The zero-order valence-corrected chi connectivity index (χ0v) is 19.0. The van der Waals surface area contributed by atoms with Crippen molar-refractivity contribution < 1.29 is 45.0 Å². The minimum atomic E-state index is -2.17. The predicted octanol–water partition coefficient (Wildman–Crippen LogP) is 0.256. The zero-order chi connectivity index (χ0) is 21.7. The molecule has 1 N–H and O–H groups in total. The summed E-state index contributed by atoms with van der Waals surface area (Å²) in [6.45, 7) is 5.68. The first-order valence-electron chi connectivity index (χ1n) is 9.83. The summed E-state index contributed by atoms with van der Waals surface area (Å²) in [4.78, 5) is 12.9. The van der Waals surface area contributed by atoms with E-state index in [4.69, 9.17) is 4.74 Å². The van der Waals surface area contributed by atoms with Gasteiger partial charge in [-0.2, -0.15) is 0 Å². The van der Waals surface area contributed by atoms with Gasteiger partial charge in [0.25, 0.3) is 5.82 Å². The van der Waals surface area contributed by atoms with Crippen LogP contribution >= 0.6 is 0 Å². The molecule has 0 atom stereocenters. The zero-order valence-electron chi connectivity index (χ0n) is 17.4. The third-order valence-corrected chi connectivity index (χ3v) is 5.19. The maximum Gasteiger partial charge on any atom is 0.347 e. The molecule has 0 aliphatic carbocycles. The van der Waals surface area contributed by atoms with Gasteiger partial charge in [-0.15, -0.1) is 0 Å². The summed E-state index contributed by atoms with van der Waals surface area (Å²) in [7, 11) is 0. The molecule has 2 aromatic carbocycles. The molecule has 3 rings (SSSR count). The number of halogens is 3. The second-order valence-electron chi connectivity index (χ2n) is 7.04. The third kappa shape index (κ3) is 5.37. The van der Waals surface area contributed by atoms with Crippen LogP contribution in [0.3, 0.4) is 0 Å². The van der Waals surface area contributed by atoms with Gasteiger partial charge in [0.2, 0.25) is 5.60 Å². The summed E-state index contributed by atoms with van der Waals surface area (Å²) in [6, 6.07) is 9.84. The normalized spacial score (nSPS) is 11.1. The highest BCUT2D eigenvalue weighted by atomic mass is 79.9. The van der Waals surface area contributed by atoms with Crippen molar-refractivity contribution in [3.05, 3.63) is 89.5 Å². The van der Waals surface area contributed by atoms with Crippen LogP contribution < -0.4 is 21.5 Å². The van der Waals surface area contributed by atoms with Gasteiger partial charge in [-0.3, -0.25) is 0 Å². The van der Waals surface area contributed by atoms with Crippen molar-refractivity contribution in [3.8, 4) is 0 Å². The molecule has 0 saturated heterocycles. The van der Waals surface area contributed by atoms with Crippen LogP contribution in [0.25, 0.3) is 0 Å². The van der Waals surface area contributed by atoms with E-state index < -0.39 is 23.2 Å². The Morgan fingerprint density at radius 1 is 1.06 bits per heavy atom. The maximum atomic E-state index is 13.3. The van der Waals surface area contributed by atoms with Crippen LogP contribution in [-0.4, -0.2) is 22.2 Å². The summed E-state index contributed by atoms with van der Waals surface area (Å²) in [5, 5.41) is 11.3. The molecule has 0 spiro atoms. The highest BCUT2D eigenvalue weighted by molar-refractivity contribution is 5.85. The van der Waals surface area contributed by atoms with Gasteiger partial charge >= 0.3 is 5.97 Å². The predicted molar refractivity (Wildman–Crippen MR) is 106 cm³/mol. The van der Waals surface area contributed by atoms with E-state index >= 15 is 0 Å². The van der Waals surface area contributed by atoms with Gasteiger partial charge in [-0.1, -0.05) is 24.3 Å². The van der Waals surface area contributed by atoms with E-state index in [-0.39, 0.29) is 34.7 Å². The van der Waals surface area contributed by atoms with Crippen LogP contribution in [0.1, 0.15) is 30.3 Å². The minimum absolute atomic E-state index is 0. The van der Waals surface area contributed by atoms with E-state index in [9.17, 15) is 18.7 Å². The number of nitrogens with zero attached hydrogens (tertiary/aromatic N) is 2. The molecular formula is C23H25BrF2N2O3. The van der Waals surface area contributed by atoms with Crippen molar-refractivity contribution in [2.75, 3.05) is 6.61 Å². The number of rotatable bonds is 8. The minimum Gasteiger partial charge on any atom is -1.00 e. The highest BCUT2D eigenvalue weighted by Gasteiger charge is 2.41. The summed E-state index contributed by atoms with van der Waals surface area (Å²) in [6.07, 6.45) is 4.51. The number of hydrogen-bond donors (Lipinski definition) is 1. The molecule has 0 aliphatic heterocycles. The SMILES string of the molecule is CCn1cc[n+](CCCOC(=O)C(O)(c2ccc(F)cc2)c2ccc(F)cc2)c1C.[Br-]. The summed E-state index contributed by atoms with van der Waals surface area (Å²) >= 11 is 0. The molecule has 0 radical (unpaired) electrons. The largest absolute Gasteiger partial charge is 1.00 e. The lowest BCUT2D eigenvalue weighted by Crippen LogP contribution is -3.00. The van der Waals surface area contributed by atoms with Crippen LogP contribution in [0.2, 0.25) is 0 Å². The smallest absolute Gasteiger partial charge is 0.347 e. The molecule has 8 heteroatoms. The molecular weight excluding hydrogens is 470 g/mol. The fourth-order valence-corrected chi connectivity index (χ4v) is 3.40. The van der Waals surface area contributed by atoms with E-state index in [1.165, 1.54) is 24.3 Å². The molecule has 0 fully saturated rings. The molecule has 0 aliphatic rings.